The molecule has 3 aromatic rings. The first-order valence-corrected chi connectivity index (χ1v) is 8.96. The van der Waals surface area contributed by atoms with Crippen molar-refractivity contribution >= 4 is 0 Å². The van der Waals surface area contributed by atoms with Gasteiger partial charge >= 0.3 is 0 Å². The number of nitrogens with zero attached hydrogens (tertiary/aromatic N) is 2. The van der Waals surface area contributed by atoms with Crippen molar-refractivity contribution in [3.8, 4) is 11.5 Å². The number of imidazole rings is 1. The summed E-state index contributed by atoms with van der Waals surface area (Å²) in [5.74, 6) is 2.69. The summed E-state index contributed by atoms with van der Waals surface area (Å²) in [6.07, 6.45) is 4.92. The Balaban J connectivity index is 1.35. The molecule has 1 N–H and O–H groups in total. The maximum absolute atomic E-state index is 5.47. The molecule has 2 heterocycles. The van der Waals surface area contributed by atoms with Crippen LogP contribution >= 0.6 is 0 Å². The molecule has 0 fully saturated rings. The summed E-state index contributed by atoms with van der Waals surface area (Å²) in [5, 5.41) is 3.55. The van der Waals surface area contributed by atoms with Gasteiger partial charge in [-0.1, -0.05) is 36.4 Å². The molecule has 0 amide bonds. The average Bonchev–Trinajstić information content (AvgIpc) is 3.33. The molecular formula is C21H23N3O2. The lowest BCUT2D eigenvalue weighted by atomic mass is 10.1. The second-order valence-electron chi connectivity index (χ2n) is 6.49. The van der Waals surface area contributed by atoms with Gasteiger partial charge in [0.2, 0.25) is 6.79 Å². The number of benzene rings is 2. The molecule has 0 radical (unpaired) electrons. The van der Waals surface area contributed by atoms with Crippen LogP contribution in [0.15, 0.2) is 60.9 Å². The van der Waals surface area contributed by atoms with Crippen LogP contribution in [0.1, 0.15) is 29.9 Å². The molecule has 134 valence electrons. The number of nitrogens with one attached hydrogen (secondary N) is 1. The molecule has 0 saturated carbocycles. The zero-order valence-electron chi connectivity index (χ0n) is 14.9. The summed E-state index contributed by atoms with van der Waals surface area (Å²) >= 11 is 0. The van der Waals surface area contributed by atoms with E-state index in [1.807, 2.05) is 30.6 Å². The standard InChI is InChI=1S/C21H23N3O2/c1-16(18-7-8-19-20(13-18)26-15-25-19)23-14-21-22-10-12-24(21)11-9-17-5-3-2-4-6-17/h2-8,10,12-13,16,23H,9,11,14-15H2,1H3/t16-/m1/s1. The lowest BCUT2D eigenvalue weighted by Gasteiger charge is -2.15. The first kappa shape index (κ1) is 16.7. The largest absolute Gasteiger partial charge is 0.454 e. The van der Waals surface area contributed by atoms with E-state index in [1.165, 1.54) is 11.1 Å². The van der Waals surface area contributed by atoms with E-state index in [-0.39, 0.29) is 6.04 Å². The average molecular weight is 349 g/mol. The summed E-state index contributed by atoms with van der Waals surface area (Å²) in [5.41, 5.74) is 2.52. The molecule has 0 saturated heterocycles. The number of hydrogen-bond acceptors (Lipinski definition) is 4. The van der Waals surface area contributed by atoms with Crippen molar-refractivity contribution < 1.29 is 9.47 Å². The van der Waals surface area contributed by atoms with Gasteiger partial charge in [-0.3, -0.25) is 0 Å². The monoisotopic (exact) mass is 349 g/mol. The number of aryl methyl sites for hydroxylation is 2. The lowest BCUT2D eigenvalue weighted by Crippen LogP contribution is -2.21. The van der Waals surface area contributed by atoms with E-state index in [0.29, 0.717) is 6.79 Å². The lowest BCUT2D eigenvalue weighted by molar-refractivity contribution is 0.174. The van der Waals surface area contributed by atoms with Gasteiger partial charge in [0.25, 0.3) is 0 Å². The van der Waals surface area contributed by atoms with Gasteiger partial charge in [-0.15, -0.1) is 0 Å². The SMILES string of the molecule is C[C@@H](NCc1nccn1CCc1ccccc1)c1ccc2c(c1)OCO2. The fraction of sp³-hybridized carbons (Fsp3) is 0.286. The van der Waals surface area contributed by atoms with E-state index < -0.39 is 0 Å². The first-order valence-electron chi connectivity index (χ1n) is 8.96. The number of aromatic nitrogens is 2. The van der Waals surface area contributed by atoms with Crippen LogP contribution < -0.4 is 14.8 Å². The van der Waals surface area contributed by atoms with Crippen LogP contribution in [0.3, 0.4) is 0 Å². The first-order chi connectivity index (χ1) is 12.8. The summed E-state index contributed by atoms with van der Waals surface area (Å²) in [6, 6.07) is 16.8. The Bertz CT molecular complexity index is 861. The molecule has 1 atom stereocenters. The van der Waals surface area contributed by atoms with E-state index in [4.69, 9.17) is 9.47 Å². The van der Waals surface area contributed by atoms with Crippen molar-refractivity contribution in [1.82, 2.24) is 14.9 Å². The molecule has 5 nitrogen and oxygen atoms in total. The molecule has 2 aromatic carbocycles. The van der Waals surface area contributed by atoms with Crippen molar-refractivity contribution in [3.05, 3.63) is 77.9 Å². The van der Waals surface area contributed by atoms with E-state index in [1.54, 1.807) is 0 Å². The Morgan fingerprint density at radius 1 is 1.12 bits per heavy atom. The smallest absolute Gasteiger partial charge is 0.231 e. The molecule has 1 aliphatic heterocycles. The van der Waals surface area contributed by atoms with Crippen LogP contribution in [0, 0.1) is 0 Å². The third kappa shape index (κ3) is 3.73. The highest BCUT2D eigenvalue weighted by Gasteiger charge is 2.16. The fourth-order valence-corrected chi connectivity index (χ4v) is 3.15. The molecule has 0 spiro atoms. The topological polar surface area (TPSA) is 48.3 Å². The minimum Gasteiger partial charge on any atom is -0.454 e. The summed E-state index contributed by atoms with van der Waals surface area (Å²) < 4.78 is 13.1. The van der Waals surface area contributed by atoms with Gasteiger partial charge in [-0.2, -0.15) is 0 Å². The van der Waals surface area contributed by atoms with E-state index in [9.17, 15) is 0 Å². The second kappa shape index (κ2) is 7.62. The van der Waals surface area contributed by atoms with Crippen molar-refractivity contribution in [2.45, 2.75) is 32.5 Å². The van der Waals surface area contributed by atoms with Gasteiger partial charge in [0, 0.05) is 25.0 Å². The third-order valence-electron chi connectivity index (χ3n) is 4.75. The van der Waals surface area contributed by atoms with Crippen LogP contribution in [0.25, 0.3) is 0 Å². The highest BCUT2D eigenvalue weighted by atomic mass is 16.7. The number of fused-ring (bicyclic) bond motifs is 1. The zero-order valence-corrected chi connectivity index (χ0v) is 14.9. The molecule has 0 aliphatic carbocycles. The van der Waals surface area contributed by atoms with Crippen LogP contribution in [-0.4, -0.2) is 16.3 Å². The minimum absolute atomic E-state index is 0.198. The van der Waals surface area contributed by atoms with E-state index in [2.05, 4.69) is 52.1 Å². The number of ether oxygens (including phenoxy) is 2. The van der Waals surface area contributed by atoms with Crippen LogP contribution in [0.5, 0.6) is 11.5 Å². The molecule has 26 heavy (non-hydrogen) atoms. The molecule has 5 heteroatoms. The van der Waals surface area contributed by atoms with Gasteiger partial charge < -0.3 is 19.4 Å². The van der Waals surface area contributed by atoms with E-state index >= 15 is 0 Å². The Morgan fingerprint density at radius 2 is 1.96 bits per heavy atom. The van der Waals surface area contributed by atoms with Crippen LogP contribution in [-0.2, 0) is 19.5 Å². The quantitative estimate of drug-likeness (QED) is 0.706. The van der Waals surface area contributed by atoms with Gasteiger partial charge in [-0.05, 0) is 36.6 Å². The molecule has 0 unspecified atom stereocenters. The Kier molecular flexibility index (Phi) is 4.88. The van der Waals surface area contributed by atoms with Crippen molar-refractivity contribution in [2.24, 2.45) is 0 Å². The predicted molar refractivity (Wildman–Crippen MR) is 100 cm³/mol. The maximum Gasteiger partial charge on any atom is 0.231 e. The summed E-state index contributed by atoms with van der Waals surface area (Å²) in [6.45, 7) is 4.10. The number of hydrogen-bond donors (Lipinski definition) is 1. The van der Waals surface area contributed by atoms with Crippen LogP contribution in [0.4, 0.5) is 0 Å². The maximum atomic E-state index is 5.47. The normalized spacial score (nSPS) is 13.7. The molecule has 1 aliphatic rings. The summed E-state index contributed by atoms with van der Waals surface area (Å²) in [7, 11) is 0. The Morgan fingerprint density at radius 3 is 2.85 bits per heavy atom. The predicted octanol–water partition coefficient (Wildman–Crippen LogP) is 3.71. The van der Waals surface area contributed by atoms with Gasteiger partial charge in [-0.25, -0.2) is 4.98 Å². The molecule has 1 aromatic heterocycles. The van der Waals surface area contributed by atoms with E-state index in [0.717, 1.165) is 36.8 Å². The fourth-order valence-electron chi connectivity index (χ4n) is 3.15. The second-order valence-corrected chi connectivity index (χ2v) is 6.49. The van der Waals surface area contributed by atoms with Gasteiger partial charge in [0.15, 0.2) is 11.5 Å². The third-order valence-corrected chi connectivity index (χ3v) is 4.75. The Hall–Kier alpha value is -2.79. The highest BCUT2D eigenvalue weighted by Crippen LogP contribution is 2.34. The molecule has 0 bridgehead atoms. The molecule has 4 rings (SSSR count). The minimum atomic E-state index is 0.198. The highest BCUT2D eigenvalue weighted by molar-refractivity contribution is 5.45. The van der Waals surface area contributed by atoms with Crippen LogP contribution in [0.2, 0.25) is 0 Å². The van der Waals surface area contributed by atoms with Crippen molar-refractivity contribution in [1.29, 1.82) is 0 Å². The zero-order chi connectivity index (χ0) is 17.8. The van der Waals surface area contributed by atoms with Gasteiger partial charge in [0.05, 0.1) is 6.54 Å². The Labute approximate surface area is 153 Å². The molecular weight excluding hydrogens is 326 g/mol. The van der Waals surface area contributed by atoms with Crippen molar-refractivity contribution in [2.75, 3.05) is 6.79 Å². The van der Waals surface area contributed by atoms with Crippen molar-refractivity contribution in [3.63, 3.8) is 0 Å². The van der Waals surface area contributed by atoms with Gasteiger partial charge in [0.1, 0.15) is 5.82 Å². The summed E-state index contributed by atoms with van der Waals surface area (Å²) in [4.78, 5) is 4.51. The number of rotatable bonds is 7.